The zero-order valence-corrected chi connectivity index (χ0v) is 21.4. The Bertz CT molecular complexity index is 3860. The predicted octanol–water partition coefficient (Wildman–Crippen LogP) is 12.0. The first-order valence-corrected chi connectivity index (χ1v) is 12.7. The first-order chi connectivity index (χ1) is 32.2. The van der Waals surface area contributed by atoms with Crippen LogP contribution >= 0.6 is 0 Å². The van der Waals surface area contributed by atoms with E-state index in [1.54, 1.807) is 0 Å². The van der Waals surface area contributed by atoms with E-state index in [2.05, 4.69) is 0 Å². The fourth-order valence-electron chi connectivity index (χ4n) is 5.30. The van der Waals surface area contributed by atoms with Crippen molar-refractivity contribution in [3.8, 4) is 33.4 Å². The van der Waals surface area contributed by atoms with Gasteiger partial charge in [0.1, 0.15) is 11.2 Å². The molecule has 0 saturated heterocycles. The summed E-state index contributed by atoms with van der Waals surface area (Å²) in [5, 5.41) is -5.43. The highest BCUT2D eigenvalue weighted by Crippen LogP contribution is 2.48. The lowest BCUT2D eigenvalue weighted by atomic mass is 9.83. The third-order valence-electron chi connectivity index (χ3n) is 7.01. The zero-order valence-electron chi connectivity index (χ0n) is 47.4. The van der Waals surface area contributed by atoms with Crippen molar-refractivity contribution >= 4 is 54.3 Å². The van der Waals surface area contributed by atoms with E-state index in [0.717, 1.165) is 0 Å². The van der Waals surface area contributed by atoms with Gasteiger partial charge in [-0.25, -0.2) is 0 Å². The Hall–Kier alpha value is -5.66. The van der Waals surface area contributed by atoms with Gasteiger partial charge in [0.2, 0.25) is 0 Å². The van der Waals surface area contributed by atoms with Crippen LogP contribution in [-0.2, 0) is 0 Å². The summed E-state index contributed by atoms with van der Waals surface area (Å²) in [5.41, 5.74) is -5.76. The normalized spacial score (nSPS) is 20.2. The Morgan fingerprint density at radius 2 is 0.907 bits per heavy atom. The molecule has 0 N–H and O–H groups in total. The van der Waals surface area contributed by atoms with Crippen LogP contribution < -0.4 is 0 Å². The average molecular weight is 573 g/mol. The molecular formula is C42H26O. The monoisotopic (exact) mass is 572 g/mol. The second-order valence-corrected chi connectivity index (χ2v) is 9.26. The van der Waals surface area contributed by atoms with Gasteiger partial charge < -0.3 is 4.42 Å². The molecule has 0 atom stereocenters. The van der Waals surface area contributed by atoms with Crippen molar-refractivity contribution in [1.82, 2.24) is 0 Å². The summed E-state index contributed by atoms with van der Waals surface area (Å²) in [6, 6.07) is -24.4. The summed E-state index contributed by atoms with van der Waals surface area (Å²) in [5.74, 6) is 0. The molecule has 0 aliphatic heterocycles. The van der Waals surface area contributed by atoms with Crippen molar-refractivity contribution in [2.75, 3.05) is 0 Å². The van der Waals surface area contributed by atoms with Crippen molar-refractivity contribution in [3.05, 3.63) is 157 Å². The van der Waals surface area contributed by atoms with Crippen LogP contribution in [0.1, 0.15) is 35.6 Å². The van der Waals surface area contributed by atoms with E-state index in [1.165, 1.54) is 0 Å². The average Bonchev–Trinajstić information content (AvgIpc) is 3.72. The van der Waals surface area contributed by atoms with Gasteiger partial charge in [-0.05, 0) is 89.9 Å². The molecule has 9 aromatic rings. The van der Waals surface area contributed by atoms with E-state index >= 15 is 0 Å². The number of rotatable bonds is 3. The van der Waals surface area contributed by atoms with E-state index in [0.29, 0.717) is 0 Å². The Labute approximate surface area is 285 Å². The van der Waals surface area contributed by atoms with E-state index in [4.69, 9.17) is 29.1 Å². The van der Waals surface area contributed by atoms with Crippen LogP contribution in [0.3, 0.4) is 0 Å². The molecule has 0 unspecified atom stereocenters. The Kier molecular flexibility index (Phi) is 2.13. The van der Waals surface area contributed by atoms with Gasteiger partial charge in [-0.15, -0.1) is 0 Å². The second kappa shape index (κ2) is 9.44. The first-order valence-electron chi connectivity index (χ1n) is 25.7. The van der Waals surface area contributed by atoms with Gasteiger partial charge in [0.15, 0.2) is 0 Å². The molecule has 0 saturated carbocycles. The van der Waals surface area contributed by atoms with E-state index in [9.17, 15) is 11.0 Å². The van der Waals surface area contributed by atoms with Gasteiger partial charge in [0.25, 0.3) is 0 Å². The summed E-state index contributed by atoms with van der Waals surface area (Å²) >= 11 is 0. The fraction of sp³-hybridized carbons (Fsp3) is 0. The minimum Gasteiger partial charge on any atom is -0.456 e. The predicted molar refractivity (Wildman–Crippen MR) is 183 cm³/mol. The smallest absolute Gasteiger partial charge is 0.136 e. The molecule has 0 radical (unpaired) electrons. The van der Waals surface area contributed by atoms with Crippen molar-refractivity contribution in [1.29, 1.82) is 0 Å². The van der Waals surface area contributed by atoms with Crippen LogP contribution in [0, 0.1) is 0 Å². The quantitative estimate of drug-likeness (QED) is 0.192. The molecule has 1 nitrogen and oxygen atoms in total. The fourth-order valence-corrected chi connectivity index (χ4v) is 5.30. The van der Waals surface area contributed by atoms with Gasteiger partial charge in [0.05, 0.1) is 35.6 Å². The third-order valence-corrected chi connectivity index (χ3v) is 7.01. The number of hydrogen-bond donors (Lipinski definition) is 0. The molecule has 200 valence electrons. The molecule has 0 aliphatic carbocycles. The van der Waals surface area contributed by atoms with Crippen LogP contribution in [0.4, 0.5) is 0 Å². The van der Waals surface area contributed by atoms with Gasteiger partial charge >= 0.3 is 0 Å². The Morgan fingerprint density at radius 3 is 1.60 bits per heavy atom. The second-order valence-electron chi connectivity index (χ2n) is 9.26. The van der Waals surface area contributed by atoms with Gasteiger partial charge in [-0.1, -0.05) is 133 Å². The minimum atomic E-state index is -1.06. The molecule has 0 amide bonds. The van der Waals surface area contributed by atoms with Crippen LogP contribution in [0.5, 0.6) is 0 Å². The van der Waals surface area contributed by atoms with Crippen LogP contribution in [0.15, 0.2) is 162 Å². The maximum Gasteiger partial charge on any atom is 0.136 e. The van der Waals surface area contributed by atoms with Crippen molar-refractivity contribution in [3.63, 3.8) is 0 Å². The number of para-hydroxylation sites is 1. The van der Waals surface area contributed by atoms with E-state index in [1.807, 2.05) is 0 Å². The molecular weight excluding hydrogens is 520 g/mol. The summed E-state index contributed by atoms with van der Waals surface area (Å²) in [6.07, 6.45) is 0. The maximum absolute atomic E-state index is 9.92. The van der Waals surface area contributed by atoms with Gasteiger partial charge in [0, 0.05) is 10.8 Å². The van der Waals surface area contributed by atoms with Gasteiger partial charge in [-0.2, -0.15) is 0 Å². The van der Waals surface area contributed by atoms with Crippen molar-refractivity contribution < 1.29 is 40.1 Å². The largest absolute Gasteiger partial charge is 0.456 e. The van der Waals surface area contributed by atoms with Crippen molar-refractivity contribution in [2.45, 2.75) is 0 Å². The molecule has 0 bridgehead atoms. The number of benzene rings is 8. The third kappa shape index (κ3) is 3.65. The highest BCUT2D eigenvalue weighted by Gasteiger charge is 2.21. The highest BCUT2D eigenvalue weighted by atomic mass is 16.3. The number of fused-ring (bicyclic) bond motifs is 6. The molecule has 1 heteroatoms. The topological polar surface area (TPSA) is 13.1 Å². The first kappa shape index (κ1) is 9.69. The molecule has 43 heavy (non-hydrogen) atoms. The SMILES string of the molecule is [2H]c1c([2H])c([2H])c(-c2c([2H])c(-c3c4c([2H])c([2H])c([2H])c([2H])c4c(-c4c([2H])c([2H])c([2H])c5oc6c([2H])c([2H])c([2H])c([2H])c6c45)c4c([2H])c([2H])c([2H])c([2H])c34)c3c([2H])c([2H])c([2H])c([2H])c3c2[2H])c([2H])c1[2H]. The molecule has 0 aliphatic rings. The molecule has 1 heterocycles. The lowest BCUT2D eigenvalue weighted by Crippen LogP contribution is -1.93. The summed E-state index contributed by atoms with van der Waals surface area (Å²) in [7, 11) is 0. The lowest BCUT2D eigenvalue weighted by Gasteiger charge is -2.20. The Balaban J connectivity index is 1.72. The molecule has 8 aromatic carbocycles. The molecule has 1 aromatic heterocycles. The van der Waals surface area contributed by atoms with Crippen LogP contribution in [0.25, 0.3) is 87.6 Å². The molecule has 9 rings (SSSR count). The summed E-state index contributed by atoms with van der Waals surface area (Å²) < 4.78 is 239. The highest BCUT2D eigenvalue weighted by molar-refractivity contribution is 6.27. The van der Waals surface area contributed by atoms with E-state index < -0.39 is 245 Å². The van der Waals surface area contributed by atoms with Gasteiger partial charge in [-0.3, -0.25) is 0 Å². The number of hydrogen-bond acceptors (Lipinski definition) is 1. The summed E-state index contributed by atoms with van der Waals surface area (Å²) in [4.78, 5) is 0. The zero-order chi connectivity index (χ0) is 51.0. The van der Waals surface area contributed by atoms with E-state index in [-0.39, 0.29) is 0 Å². The standard InChI is InChI=1S/C42H26O/c1-2-13-27(14-3-1)29-25-28-15-4-5-16-30(28)37(26-29)41-33-19-8-6-17-31(33)40(32-18-7-9-20-34(32)41)36-22-12-24-39-42(36)35-21-10-11-23-38(35)43-39/h1-26H/i1D,2D,3D,4D,5D,6D,7D,8D,9D,10D,11D,12D,13D,14D,15D,16D,17D,18D,19D,20D,21D,22D,23D,24D,25D,26D. The van der Waals surface area contributed by atoms with Crippen LogP contribution in [-0.4, -0.2) is 0 Å². The number of furan rings is 1. The lowest BCUT2D eigenvalue weighted by molar-refractivity contribution is 0.669. The molecule has 0 fully saturated rings. The van der Waals surface area contributed by atoms with Crippen molar-refractivity contribution in [2.24, 2.45) is 0 Å². The Morgan fingerprint density at radius 1 is 0.372 bits per heavy atom. The maximum atomic E-state index is 9.92. The summed E-state index contributed by atoms with van der Waals surface area (Å²) in [6.45, 7) is 0. The molecule has 0 spiro atoms. The minimum absolute atomic E-state index is 0.482. The van der Waals surface area contributed by atoms with Crippen LogP contribution in [0.2, 0.25) is 0 Å².